The van der Waals surface area contributed by atoms with Crippen molar-refractivity contribution in [3.05, 3.63) is 22.7 Å². The molecule has 0 radical (unpaired) electrons. The molecule has 0 fully saturated rings. The number of anilines is 1. The molecule has 0 spiro atoms. The number of hydrogen-bond acceptors (Lipinski definition) is 7. The van der Waals surface area contributed by atoms with Crippen LogP contribution in [-0.4, -0.2) is 44.6 Å². The number of fused-ring (bicyclic) bond motifs is 1. The van der Waals surface area contributed by atoms with Crippen molar-refractivity contribution >= 4 is 51.2 Å². The minimum absolute atomic E-state index is 0.296. The van der Waals surface area contributed by atoms with Gasteiger partial charge >= 0.3 is 18.3 Å². The van der Waals surface area contributed by atoms with Crippen LogP contribution in [0, 0.1) is 0 Å². The highest BCUT2D eigenvalue weighted by Crippen LogP contribution is 2.29. The van der Waals surface area contributed by atoms with Crippen LogP contribution < -0.4 is 4.90 Å². The zero-order valence-electron chi connectivity index (χ0n) is 19.9. The Kier molecular flexibility index (Phi) is 6.99. The third-order valence-electron chi connectivity index (χ3n) is 3.53. The molecule has 0 aliphatic rings. The van der Waals surface area contributed by atoms with Gasteiger partial charge in [0.05, 0.1) is 11.0 Å². The van der Waals surface area contributed by atoms with Crippen LogP contribution in [0.4, 0.5) is 20.3 Å². The Hall–Kier alpha value is -2.62. The number of ether oxygens (including phenoxy) is 3. The standard InChI is InChI=1S/C22H30BrN3O6/c1-20(2,3)30-17(27)25-15-12-13(23)10-11-14(15)24-16(25)26(18(28)31-21(4,5)6)19(29)32-22(7,8)9/h10-12H,1-9H3. The number of amides is 2. The van der Waals surface area contributed by atoms with E-state index in [-0.39, 0.29) is 5.95 Å². The molecule has 0 aliphatic heterocycles. The molecule has 2 rings (SSSR count). The number of aromatic nitrogens is 2. The lowest BCUT2D eigenvalue weighted by Gasteiger charge is -2.28. The van der Waals surface area contributed by atoms with Crippen LogP contribution in [0.5, 0.6) is 0 Å². The predicted molar refractivity (Wildman–Crippen MR) is 124 cm³/mol. The number of imide groups is 1. The van der Waals surface area contributed by atoms with Gasteiger partial charge < -0.3 is 14.2 Å². The highest BCUT2D eigenvalue weighted by atomic mass is 79.9. The van der Waals surface area contributed by atoms with Gasteiger partial charge in [0.25, 0.3) is 0 Å². The zero-order chi connectivity index (χ0) is 24.6. The second-order valence-electron chi connectivity index (χ2n) is 10.2. The molecule has 0 atom stereocenters. The maximum atomic E-state index is 13.1. The molecule has 0 aliphatic carbocycles. The van der Waals surface area contributed by atoms with E-state index in [9.17, 15) is 14.4 Å². The number of carbonyl (C=O) groups excluding carboxylic acids is 3. The molecular weight excluding hydrogens is 482 g/mol. The van der Waals surface area contributed by atoms with Gasteiger partial charge in [-0.25, -0.2) is 23.9 Å². The lowest BCUT2D eigenvalue weighted by atomic mass is 10.2. The Labute approximate surface area is 196 Å². The molecule has 10 heteroatoms. The minimum Gasteiger partial charge on any atom is -0.443 e. The molecule has 1 heterocycles. The quantitative estimate of drug-likeness (QED) is 0.416. The summed E-state index contributed by atoms with van der Waals surface area (Å²) in [7, 11) is 0. The first kappa shape index (κ1) is 25.6. The second-order valence-corrected chi connectivity index (χ2v) is 11.1. The van der Waals surface area contributed by atoms with Gasteiger partial charge in [-0.3, -0.25) is 0 Å². The lowest BCUT2D eigenvalue weighted by molar-refractivity contribution is 0.0424. The summed E-state index contributed by atoms with van der Waals surface area (Å²) in [6.45, 7) is 15.1. The van der Waals surface area contributed by atoms with E-state index >= 15 is 0 Å². The fourth-order valence-corrected chi connectivity index (χ4v) is 2.88. The maximum absolute atomic E-state index is 13.1. The van der Waals surface area contributed by atoms with E-state index in [2.05, 4.69) is 20.9 Å². The van der Waals surface area contributed by atoms with Crippen LogP contribution in [-0.2, 0) is 14.2 Å². The van der Waals surface area contributed by atoms with Crippen molar-refractivity contribution in [2.45, 2.75) is 79.1 Å². The predicted octanol–water partition coefficient (Wildman–Crippen LogP) is 6.26. The third kappa shape index (κ3) is 6.69. The van der Waals surface area contributed by atoms with Crippen molar-refractivity contribution in [3.8, 4) is 0 Å². The van der Waals surface area contributed by atoms with Crippen molar-refractivity contribution in [2.24, 2.45) is 0 Å². The number of imidazole rings is 1. The minimum atomic E-state index is -1.04. The molecule has 2 amide bonds. The number of hydrogen-bond donors (Lipinski definition) is 0. The maximum Gasteiger partial charge on any atom is 0.427 e. The average Bonchev–Trinajstić information content (AvgIpc) is 2.87. The van der Waals surface area contributed by atoms with Gasteiger partial charge in [-0.2, -0.15) is 0 Å². The molecule has 0 bridgehead atoms. The van der Waals surface area contributed by atoms with Crippen LogP contribution in [0.15, 0.2) is 22.7 Å². The molecule has 0 N–H and O–H groups in total. The number of halogens is 1. The van der Waals surface area contributed by atoms with Crippen molar-refractivity contribution in [3.63, 3.8) is 0 Å². The first-order valence-corrected chi connectivity index (χ1v) is 10.8. The van der Waals surface area contributed by atoms with Gasteiger partial charge in [0, 0.05) is 4.47 Å². The summed E-state index contributed by atoms with van der Waals surface area (Å²) in [4.78, 5) is 44.3. The Morgan fingerprint density at radius 1 is 0.844 bits per heavy atom. The molecule has 0 saturated heterocycles. The third-order valence-corrected chi connectivity index (χ3v) is 4.02. The van der Waals surface area contributed by atoms with E-state index < -0.39 is 35.1 Å². The topological polar surface area (TPSA) is 100.0 Å². The summed E-state index contributed by atoms with van der Waals surface area (Å²) in [5.74, 6) is -0.296. The van der Waals surface area contributed by atoms with E-state index in [0.29, 0.717) is 20.4 Å². The molecular formula is C22H30BrN3O6. The Morgan fingerprint density at radius 2 is 1.31 bits per heavy atom. The highest BCUT2D eigenvalue weighted by Gasteiger charge is 2.38. The summed E-state index contributed by atoms with van der Waals surface area (Å²) in [5.41, 5.74) is -1.96. The van der Waals surface area contributed by atoms with Crippen molar-refractivity contribution < 1.29 is 28.6 Å². The van der Waals surface area contributed by atoms with Gasteiger partial charge in [-0.1, -0.05) is 15.9 Å². The molecule has 1 aromatic heterocycles. The number of benzene rings is 1. The van der Waals surface area contributed by atoms with Crippen molar-refractivity contribution in [1.82, 2.24) is 9.55 Å². The average molecular weight is 512 g/mol. The first-order chi connectivity index (χ1) is 14.4. The first-order valence-electron chi connectivity index (χ1n) is 10.1. The van der Waals surface area contributed by atoms with E-state index in [4.69, 9.17) is 14.2 Å². The summed E-state index contributed by atoms with van der Waals surface area (Å²) in [6.07, 6.45) is -2.89. The lowest BCUT2D eigenvalue weighted by Crippen LogP contribution is -2.45. The van der Waals surface area contributed by atoms with E-state index in [1.54, 1.807) is 80.5 Å². The molecule has 32 heavy (non-hydrogen) atoms. The van der Waals surface area contributed by atoms with Crippen molar-refractivity contribution in [1.29, 1.82) is 0 Å². The zero-order valence-corrected chi connectivity index (χ0v) is 21.5. The SMILES string of the molecule is CC(C)(C)OC(=O)N(C(=O)OC(C)(C)C)c1nc2ccc(Br)cc2n1C(=O)OC(C)(C)C. The number of nitrogens with zero attached hydrogens (tertiary/aromatic N) is 3. The van der Waals surface area contributed by atoms with E-state index in [1.165, 1.54) is 0 Å². The smallest absolute Gasteiger partial charge is 0.427 e. The Morgan fingerprint density at radius 3 is 1.75 bits per heavy atom. The van der Waals surface area contributed by atoms with Crippen LogP contribution in [0.1, 0.15) is 62.3 Å². The van der Waals surface area contributed by atoms with Crippen LogP contribution in [0.3, 0.4) is 0 Å². The molecule has 1 aromatic carbocycles. The summed E-state index contributed by atoms with van der Waals surface area (Å²) in [6, 6.07) is 5.01. The summed E-state index contributed by atoms with van der Waals surface area (Å²) >= 11 is 3.37. The fraction of sp³-hybridized carbons (Fsp3) is 0.545. The number of carbonyl (C=O) groups is 3. The molecule has 0 saturated carbocycles. The van der Waals surface area contributed by atoms with E-state index in [1.807, 2.05) is 0 Å². The van der Waals surface area contributed by atoms with Gasteiger partial charge in [-0.05, 0) is 80.5 Å². The summed E-state index contributed by atoms with van der Waals surface area (Å²) in [5, 5.41) is 0. The second kappa shape index (κ2) is 8.73. The summed E-state index contributed by atoms with van der Waals surface area (Å²) < 4.78 is 18.1. The Balaban J connectivity index is 2.75. The largest absolute Gasteiger partial charge is 0.443 e. The normalized spacial score (nSPS) is 12.4. The van der Waals surface area contributed by atoms with Gasteiger partial charge in [-0.15, -0.1) is 4.90 Å². The molecule has 2 aromatic rings. The van der Waals surface area contributed by atoms with Crippen LogP contribution in [0.25, 0.3) is 11.0 Å². The Bertz CT molecular complexity index is 1010. The van der Waals surface area contributed by atoms with Gasteiger partial charge in [0.2, 0.25) is 5.95 Å². The van der Waals surface area contributed by atoms with Gasteiger partial charge in [0.1, 0.15) is 16.8 Å². The van der Waals surface area contributed by atoms with E-state index in [0.717, 1.165) is 4.57 Å². The molecule has 176 valence electrons. The van der Waals surface area contributed by atoms with Crippen molar-refractivity contribution in [2.75, 3.05) is 4.90 Å². The molecule has 9 nitrogen and oxygen atoms in total. The number of rotatable bonds is 1. The van der Waals surface area contributed by atoms with Crippen LogP contribution in [0.2, 0.25) is 0 Å². The van der Waals surface area contributed by atoms with Gasteiger partial charge in [0.15, 0.2) is 0 Å². The van der Waals surface area contributed by atoms with Crippen LogP contribution >= 0.6 is 15.9 Å². The fourth-order valence-electron chi connectivity index (χ4n) is 2.53. The molecule has 0 unspecified atom stereocenters. The highest BCUT2D eigenvalue weighted by molar-refractivity contribution is 9.10. The monoisotopic (exact) mass is 511 g/mol.